The van der Waals surface area contributed by atoms with Crippen LogP contribution in [0, 0.1) is 11.8 Å². The van der Waals surface area contributed by atoms with Gasteiger partial charge in [-0.05, 0) is 43.7 Å². The monoisotopic (exact) mass is 260 g/mol. The van der Waals surface area contributed by atoms with Gasteiger partial charge in [-0.1, -0.05) is 38.5 Å². The Hall–Kier alpha value is -1.02. The Balaban J connectivity index is 1.82. The van der Waals surface area contributed by atoms with Crippen LogP contribution in [-0.4, -0.2) is 18.6 Å². The quantitative estimate of drug-likeness (QED) is 0.777. The number of hydrogen-bond acceptors (Lipinski definition) is 2. The van der Waals surface area contributed by atoms with Gasteiger partial charge < -0.3 is 10.6 Å². The lowest BCUT2D eigenvalue weighted by atomic mass is 9.80. The van der Waals surface area contributed by atoms with Gasteiger partial charge in [0.1, 0.15) is 0 Å². The molecule has 2 atom stereocenters. The van der Waals surface area contributed by atoms with Crippen LogP contribution in [0.15, 0.2) is 30.3 Å². The molecule has 1 saturated carbocycles. The highest BCUT2D eigenvalue weighted by Gasteiger charge is 2.24. The standard InChI is InChI=1S/C17H28N2/c1-13(2)17(19-16-10-5-4-6-11-16)12-18-14(3)15-8-7-9-15/h4-6,10-11,13-15,17-19H,7-9,12H2,1-3H3/t14-,17-/m1/s1. The molecular weight excluding hydrogens is 232 g/mol. The minimum absolute atomic E-state index is 0.491. The van der Waals surface area contributed by atoms with Crippen LogP contribution in [0.2, 0.25) is 0 Å². The van der Waals surface area contributed by atoms with Gasteiger partial charge in [0.05, 0.1) is 0 Å². The van der Waals surface area contributed by atoms with Crippen LogP contribution in [0.25, 0.3) is 0 Å². The minimum atomic E-state index is 0.491. The second-order valence-electron chi connectivity index (χ2n) is 6.25. The van der Waals surface area contributed by atoms with Crippen molar-refractivity contribution in [3.63, 3.8) is 0 Å². The Bertz CT molecular complexity index is 357. The second-order valence-corrected chi connectivity index (χ2v) is 6.25. The molecule has 19 heavy (non-hydrogen) atoms. The molecule has 2 nitrogen and oxygen atoms in total. The molecule has 1 fully saturated rings. The number of para-hydroxylation sites is 1. The third kappa shape index (κ3) is 4.24. The maximum absolute atomic E-state index is 3.72. The first-order valence-electron chi connectivity index (χ1n) is 7.72. The fraction of sp³-hybridized carbons (Fsp3) is 0.647. The number of rotatable bonds is 7. The van der Waals surface area contributed by atoms with Gasteiger partial charge in [-0.3, -0.25) is 0 Å². The van der Waals surface area contributed by atoms with Gasteiger partial charge in [-0.25, -0.2) is 0 Å². The highest BCUT2D eigenvalue weighted by molar-refractivity contribution is 5.43. The molecule has 0 heterocycles. The summed E-state index contributed by atoms with van der Waals surface area (Å²) in [6.07, 6.45) is 4.24. The van der Waals surface area contributed by atoms with Gasteiger partial charge in [0.25, 0.3) is 0 Å². The zero-order valence-corrected chi connectivity index (χ0v) is 12.5. The van der Waals surface area contributed by atoms with E-state index in [4.69, 9.17) is 0 Å². The SMILES string of the molecule is CC(C)[C@@H](CN[C@H](C)C1CCC1)Nc1ccccc1. The zero-order valence-electron chi connectivity index (χ0n) is 12.5. The van der Waals surface area contributed by atoms with Crippen molar-refractivity contribution in [2.24, 2.45) is 11.8 Å². The summed E-state index contributed by atoms with van der Waals surface area (Å²) in [5.74, 6) is 1.53. The maximum atomic E-state index is 3.72. The number of anilines is 1. The molecule has 0 amide bonds. The Labute approximate surface area is 118 Å². The average Bonchev–Trinajstić information content (AvgIpc) is 2.33. The van der Waals surface area contributed by atoms with Gasteiger partial charge in [0, 0.05) is 24.3 Å². The van der Waals surface area contributed by atoms with Crippen molar-refractivity contribution in [1.29, 1.82) is 0 Å². The van der Waals surface area contributed by atoms with E-state index in [2.05, 4.69) is 61.7 Å². The Morgan fingerprint density at radius 2 is 1.79 bits per heavy atom. The summed E-state index contributed by atoms with van der Waals surface area (Å²) in [5, 5.41) is 7.37. The molecule has 1 aliphatic carbocycles. The van der Waals surface area contributed by atoms with Crippen molar-refractivity contribution in [1.82, 2.24) is 5.32 Å². The molecule has 2 rings (SSSR count). The van der Waals surface area contributed by atoms with E-state index in [9.17, 15) is 0 Å². The van der Waals surface area contributed by atoms with Gasteiger partial charge in [0.15, 0.2) is 0 Å². The van der Waals surface area contributed by atoms with Crippen molar-refractivity contribution in [3.05, 3.63) is 30.3 Å². The van der Waals surface area contributed by atoms with Crippen LogP contribution in [0.5, 0.6) is 0 Å². The molecule has 106 valence electrons. The fourth-order valence-electron chi connectivity index (χ4n) is 2.62. The molecule has 1 aromatic carbocycles. The molecule has 1 aromatic rings. The average molecular weight is 260 g/mol. The van der Waals surface area contributed by atoms with E-state index in [0.717, 1.165) is 12.5 Å². The molecule has 0 aromatic heterocycles. The van der Waals surface area contributed by atoms with Crippen molar-refractivity contribution in [3.8, 4) is 0 Å². The smallest absolute Gasteiger partial charge is 0.0408 e. The van der Waals surface area contributed by atoms with Crippen LogP contribution < -0.4 is 10.6 Å². The normalized spacial score (nSPS) is 18.9. The summed E-state index contributed by atoms with van der Waals surface area (Å²) >= 11 is 0. The van der Waals surface area contributed by atoms with Gasteiger partial charge in [-0.15, -0.1) is 0 Å². The first-order valence-corrected chi connectivity index (χ1v) is 7.72. The minimum Gasteiger partial charge on any atom is -0.381 e. The predicted octanol–water partition coefficient (Wildman–Crippen LogP) is 3.90. The highest BCUT2D eigenvalue weighted by Crippen LogP contribution is 2.29. The number of benzene rings is 1. The lowest BCUT2D eigenvalue weighted by molar-refractivity contribution is 0.237. The van der Waals surface area contributed by atoms with Gasteiger partial charge in [0.2, 0.25) is 0 Å². The first-order chi connectivity index (χ1) is 9.16. The molecule has 0 bridgehead atoms. The van der Waals surface area contributed by atoms with Crippen LogP contribution in [-0.2, 0) is 0 Å². The van der Waals surface area contributed by atoms with Crippen LogP contribution in [0.3, 0.4) is 0 Å². The van der Waals surface area contributed by atoms with Crippen LogP contribution in [0.1, 0.15) is 40.0 Å². The molecule has 0 radical (unpaired) electrons. The Kier molecular flexibility index (Phi) is 5.26. The van der Waals surface area contributed by atoms with E-state index >= 15 is 0 Å². The van der Waals surface area contributed by atoms with Gasteiger partial charge >= 0.3 is 0 Å². The topological polar surface area (TPSA) is 24.1 Å². The molecule has 0 spiro atoms. The molecule has 0 unspecified atom stereocenters. The summed E-state index contributed by atoms with van der Waals surface area (Å²) in [4.78, 5) is 0. The fourth-order valence-corrected chi connectivity index (χ4v) is 2.62. The van der Waals surface area contributed by atoms with Crippen LogP contribution in [0.4, 0.5) is 5.69 Å². The van der Waals surface area contributed by atoms with Crippen molar-refractivity contribution in [2.45, 2.75) is 52.1 Å². The largest absolute Gasteiger partial charge is 0.381 e. The third-order valence-electron chi connectivity index (χ3n) is 4.45. The van der Waals surface area contributed by atoms with E-state index in [1.54, 1.807) is 0 Å². The maximum Gasteiger partial charge on any atom is 0.0408 e. The number of hydrogen-bond donors (Lipinski definition) is 2. The summed E-state index contributed by atoms with van der Waals surface area (Å²) in [6, 6.07) is 11.7. The zero-order chi connectivity index (χ0) is 13.7. The van der Waals surface area contributed by atoms with Crippen molar-refractivity contribution in [2.75, 3.05) is 11.9 Å². The van der Waals surface area contributed by atoms with Crippen molar-refractivity contribution < 1.29 is 0 Å². The third-order valence-corrected chi connectivity index (χ3v) is 4.45. The summed E-state index contributed by atoms with van der Waals surface area (Å²) < 4.78 is 0. The molecule has 0 saturated heterocycles. The summed E-state index contributed by atoms with van der Waals surface area (Å²) in [5.41, 5.74) is 1.22. The second kappa shape index (κ2) is 6.95. The lowest BCUT2D eigenvalue weighted by Crippen LogP contribution is -2.44. The van der Waals surface area contributed by atoms with E-state index in [1.807, 2.05) is 0 Å². The predicted molar refractivity (Wildman–Crippen MR) is 83.5 cm³/mol. The van der Waals surface area contributed by atoms with E-state index in [-0.39, 0.29) is 0 Å². The van der Waals surface area contributed by atoms with Crippen LogP contribution >= 0.6 is 0 Å². The lowest BCUT2D eigenvalue weighted by Gasteiger charge is -2.34. The molecule has 2 N–H and O–H groups in total. The Morgan fingerprint density at radius 1 is 1.11 bits per heavy atom. The summed E-state index contributed by atoms with van der Waals surface area (Å²) in [7, 11) is 0. The molecule has 0 aliphatic heterocycles. The molecule has 2 heteroatoms. The molecule has 1 aliphatic rings. The van der Waals surface area contributed by atoms with E-state index < -0.39 is 0 Å². The number of nitrogens with one attached hydrogen (secondary N) is 2. The van der Waals surface area contributed by atoms with Gasteiger partial charge in [-0.2, -0.15) is 0 Å². The first kappa shape index (κ1) is 14.4. The summed E-state index contributed by atoms with van der Waals surface area (Å²) in [6.45, 7) is 7.96. The van der Waals surface area contributed by atoms with E-state index in [0.29, 0.717) is 18.0 Å². The van der Waals surface area contributed by atoms with E-state index in [1.165, 1.54) is 24.9 Å². The van der Waals surface area contributed by atoms with Crippen molar-refractivity contribution >= 4 is 5.69 Å². The Morgan fingerprint density at radius 3 is 2.32 bits per heavy atom. The molecular formula is C17H28N2. The highest BCUT2D eigenvalue weighted by atomic mass is 15.0.